The molecule has 0 amide bonds. The van der Waals surface area contributed by atoms with Crippen molar-refractivity contribution in [3.05, 3.63) is 0 Å². The number of nitrogens with two attached hydrogens (primary N) is 1. The van der Waals surface area contributed by atoms with Gasteiger partial charge in [0, 0.05) is 26.2 Å². The summed E-state index contributed by atoms with van der Waals surface area (Å²) >= 11 is 0. The second-order valence-electron chi connectivity index (χ2n) is 1.85. The van der Waals surface area contributed by atoms with Gasteiger partial charge >= 0.3 is 0 Å². The number of rotatable bonds is 4. The van der Waals surface area contributed by atoms with E-state index in [9.17, 15) is 0 Å². The van der Waals surface area contributed by atoms with Crippen molar-refractivity contribution in [2.24, 2.45) is 5.73 Å². The predicted octanol–water partition coefficient (Wildman–Crippen LogP) is 1.52. The maximum absolute atomic E-state index is 5.27. The van der Waals surface area contributed by atoms with E-state index in [0.29, 0.717) is 0 Å². The van der Waals surface area contributed by atoms with Gasteiger partial charge in [0.2, 0.25) is 0 Å². The molecule has 48 valence electrons. The molecule has 0 aromatic heterocycles. The second-order valence-corrected chi connectivity index (χ2v) is 1.85. The first-order valence-corrected chi connectivity index (χ1v) is 3.12. The summed E-state index contributed by atoms with van der Waals surface area (Å²) in [5.41, 5.74) is 5.27. The molecular weight excluding hydrogens is 177 g/mol. The molecule has 0 saturated heterocycles. The van der Waals surface area contributed by atoms with Gasteiger partial charge in [-0.3, -0.25) is 0 Å². The molecule has 0 bridgehead atoms. The van der Waals surface area contributed by atoms with Crippen LogP contribution in [0.25, 0.3) is 0 Å². The van der Waals surface area contributed by atoms with E-state index in [4.69, 9.17) is 5.73 Å². The summed E-state index contributed by atoms with van der Waals surface area (Å²) in [5, 5.41) is 0. The molecule has 0 heterocycles. The molecule has 0 aromatic rings. The average molecular weight is 192 g/mol. The van der Waals surface area contributed by atoms with Gasteiger partial charge < -0.3 is 5.73 Å². The predicted molar refractivity (Wildman–Crippen MR) is 33.2 cm³/mol. The molecule has 2 heteroatoms. The zero-order chi connectivity index (χ0) is 5.54. The Balaban J connectivity index is 0. The van der Waals surface area contributed by atoms with Crippen LogP contribution in [-0.4, -0.2) is 6.54 Å². The molecule has 0 aliphatic heterocycles. The molecule has 0 aliphatic carbocycles. The van der Waals surface area contributed by atoms with Gasteiger partial charge in [-0.25, -0.2) is 0 Å². The van der Waals surface area contributed by atoms with E-state index in [1.165, 1.54) is 25.7 Å². The van der Waals surface area contributed by atoms with Gasteiger partial charge in [0.1, 0.15) is 0 Å². The first-order chi connectivity index (χ1) is 3.41. The topological polar surface area (TPSA) is 26.0 Å². The van der Waals surface area contributed by atoms with Crippen molar-refractivity contribution in [2.45, 2.75) is 32.6 Å². The number of hydrogen-bond donors (Lipinski definition) is 1. The molecule has 0 unspecified atom stereocenters. The van der Waals surface area contributed by atoms with Crippen molar-refractivity contribution >= 4 is 0 Å². The Morgan fingerprint density at radius 1 is 1.12 bits per heavy atom. The minimum Gasteiger partial charge on any atom is -0.330 e. The largest absolute Gasteiger partial charge is 0.330 e. The monoisotopic (exact) mass is 191 g/mol. The van der Waals surface area contributed by atoms with E-state index in [2.05, 4.69) is 6.92 Å². The Labute approximate surface area is 71.2 Å². The smallest absolute Gasteiger partial charge is 0 e. The summed E-state index contributed by atoms with van der Waals surface area (Å²) in [4.78, 5) is 0. The Bertz CT molecular complexity index is 27.7. The Hall–Kier alpha value is 0.843. The van der Waals surface area contributed by atoms with Crippen LogP contribution in [-0.2, 0) is 26.2 Å². The summed E-state index contributed by atoms with van der Waals surface area (Å²) in [6.45, 7) is 3.07. The fourth-order valence-corrected chi connectivity index (χ4v) is 0.571. The molecule has 0 spiro atoms. The average Bonchev–Trinajstić information content (AvgIpc) is 1.69. The van der Waals surface area contributed by atoms with Crippen LogP contribution >= 0.6 is 0 Å². The zero-order valence-corrected chi connectivity index (χ0v) is 8.07. The van der Waals surface area contributed by atoms with Gasteiger partial charge in [0.25, 0.3) is 0 Å². The molecule has 2 N–H and O–H groups in total. The first kappa shape index (κ1) is 11.6. The van der Waals surface area contributed by atoms with Gasteiger partial charge in [-0.15, -0.1) is 0 Å². The normalized spacial score (nSPS) is 8.25. The Kier molecular flexibility index (Phi) is 15.6. The van der Waals surface area contributed by atoms with Crippen LogP contribution in [0.1, 0.15) is 32.6 Å². The summed E-state index contributed by atoms with van der Waals surface area (Å²) in [5.74, 6) is 0. The molecule has 0 rings (SSSR count). The molecule has 0 aliphatic rings. The third-order valence-electron chi connectivity index (χ3n) is 1.06. The van der Waals surface area contributed by atoms with Crippen molar-refractivity contribution in [1.29, 1.82) is 0 Å². The standard InChI is InChI=1S/C6H15N.Zr/c1-2-3-4-5-6-7;/h2-7H2,1H3;. The van der Waals surface area contributed by atoms with Gasteiger partial charge in [0.05, 0.1) is 0 Å². The summed E-state index contributed by atoms with van der Waals surface area (Å²) in [6.07, 6.45) is 5.16. The molecular formula is C6H15NZr. The molecule has 1 nitrogen and oxygen atoms in total. The fraction of sp³-hybridized carbons (Fsp3) is 1.00. The third kappa shape index (κ3) is 9.96. The SMILES string of the molecule is CCCCCCN.[Zr]. The van der Waals surface area contributed by atoms with Crippen LogP contribution in [0, 0.1) is 0 Å². The van der Waals surface area contributed by atoms with E-state index >= 15 is 0 Å². The van der Waals surface area contributed by atoms with Crippen LogP contribution in [0.4, 0.5) is 0 Å². The molecule has 8 heavy (non-hydrogen) atoms. The second kappa shape index (κ2) is 10.8. The maximum atomic E-state index is 5.27. The quantitative estimate of drug-likeness (QED) is 0.672. The molecule has 0 saturated carbocycles. The number of unbranched alkanes of at least 4 members (excludes halogenated alkanes) is 3. The minimum atomic E-state index is 0. The Morgan fingerprint density at radius 2 is 1.75 bits per heavy atom. The first-order valence-electron chi connectivity index (χ1n) is 3.12. The summed E-state index contributed by atoms with van der Waals surface area (Å²) in [6, 6.07) is 0. The molecule has 0 aromatic carbocycles. The van der Waals surface area contributed by atoms with Gasteiger partial charge in [0.15, 0.2) is 0 Å². The zero-order valence-electron chi connectivity index (χ0n) is 5.61. The van der Waals surface area contributed by atoms with E-state index < -0.39 is 0 Å². The Morgan fingerprint density at radius 3 is 2.12 bits per heavy atom. The van der Waals surface area contributed by atoms with Crippen LogP contribution < -0.4 is 5.73 Å². The minimum absolute atomic E-state index is 0. The summed E-state index contributed by atoms with van der Waals surface area (Å²) in [7, 11) is 0. The van der Waals surface area contributed by atoms with Gasteiger partial charge in [-0.05, 0) is 13.0 Å². The van der Waals surface area contributed by atoms with Crippen LogP contribution in [0.2, 0.25) is 0 Å². The molecule has 0 radical (unpaired) electrons. The van der Waals surface area contributed by atoms with E-state index in [-0.39, 0.29) is 26.2 Å². The molecule has 0 atom stereocenters. The van der Waals surface area contributed by atoms with Crippen molar-refractivity contribution < 1.29 is 26.2 Å². The fourth-order valence-electron chi connectivity index (χ4n) is 0.571. The van der Waals surface area contributed by atoms with Gasteiger partial charge in [-0.2, -0.15) is 0 Å². The number of hydrogen-bond acceptors (Lipinski definition) is 1. The van der Waals surface area contributed by atoms with Gasteiger partial charge in [-0.1, -0.05) is 26.2 Å². The molecule has 0 fully saturated rings. The van der Waals surface area contributed by atoms with Crippen LogP contribution in [0.15, 0.2) is 0 Å². The van der Waals surface area contributed by atoms with Crippen molar-refractivity contribution in [3.8, 4) is 0 Å². The van der Waals surface area contributed by atoms with E-state index in [0.717, 1.165) is 6.54 Å². The van der Waals surface area contributed by atoms with Crippen molar-refractivity contribution in [3.63, 3.8) is 0 Å². The third-order valence-corrected chi connectivity index (χ3v) is 1.06. The maximum Gasteiger partial charge on any atom is 0 e. The van der Waals surface area contributed by atoms with E-state index in [1.807, 2.05) is 0 Å². The van der Waals surface area contributed by atoms with Crippen LogP contribution in [0.3, 0.4) is 0 Å². The van der Waals surface area contributed by atoms with E-state index in [1.54, 1.807) is 0 Å². The summed E-state index contributed by atoms with van der Waals surface area (Å²) < 4.78 is 0. The van der Waals surface area contributed by atoms with Crippen molar-refractivity contribution in [2.75, 3.05) is 6.54 Å². The van der Waals surface area contributed by atoms with Crippen molar-refractivity contribution in [1.82, 2.24) is 0 Å². The van der Waals surface area contributed by atoms with Crippen LogP contribution in [0.5, 0.6) is 0 Å².